The summed E-state index contributed by atoms with van der Waals surface area (Å²) < 4.78 is 17.8. The van der Waals surface area contributed by atoms with Gasteiger partial charge >= 0.3 is 5.97 Å². The molecule has 38 heavy (non-hydrogen) atoms. The number of pyridine rings is 1. The zero-order valence-electron chi connectivity index (χ0n) is 19.7. The Balaban J connectivity index is 1.22. The maximum Gasteiger partial charge on any atom is 0.337 e. The van der Waals surface area contributed by atoms with Crippen LogP contribution in [-0.4, -0.2) is 33.5 Å². The highest BCUT2D eigenvalue weighted by Gasteiger charge is 2.33. The van der Waals surface area contributed by atoms with E-state index in [1.54, 1.807) is 18.2 Å². The molecule has 190 valence electrons. The predicted octanol–water partition coefficient (Wildman–Crippen LogP) is 7.39. The first-order valence-electron chi connectivity index (χ1n) is 11.7. The molecule has 6 rings (SSSR count). The minimum absolute atomic E-state index is 0.0991. The zero-order valence-corrected chi connectivity index (χ0v) is 22.1. The normalized spacial score (nSPS) is 13.0. The van der Waals surface area contributed by atoms with E-state index in [1.165, 1.54) is 18.3 Å². The van der Waals surface area contributed by atoms with Crippen molar-refractivity contribution in [3.8, 4) is 28.6 Å². The van der Waals surface area contributed by atoms with Gasteiger partial charge in [-0.2, -0.15) is 0 Å². The fraction of sp³-hybridized carbons (Fsp3) is 0.107. The lowest BCUT2D eigenvalue weighted by atomic mass is 10.1. The average molecular weight is 565 g/mol. The second-order valence-corrected chi connectivity index (χ2v) is 11.8. The number of carboxylic acid groups (broad SMARTS) is 1. The third-order valence-electron chi connectivity index (χ3n) is 6.07. The largest absolute Gasteiger partial charge is 0.489 e. The number of fused-ring (bicyclic) bond motifs is 1. The first-order chi connectivity index (χ1) is 18.5. The summed E-state index contributed by atoms with van der Waals surface area (Å²) in [5.74, 6) is 0.559. The van der Waals surface area contributed by atoms with Gasteiger partial charge in [0, 0.05) is 17.8 Å². The smallest absolute Gasteiger partial charge is 0.337 e. The highest BCUT2D eigenvalue weighted by Crippen LogP contribution is 2.51. The molecule has 0 aliphatic carbocycles. The van der Waals surface area contributed by atoms with Crippen molar-refractivity contribution in [3.05, 3.63) is 94.1 Å². The Morgan fingerprint density at radius 3 is 2.34 bits per heavy atom. The van der Waals surface area contributed by atoms with E-state index in [2.05, 4.69) is 10.1 Å². The van der Waals surface area contributed by atoms with Crippen LogP contribution in [0.25, 0.3) is 22.0 Å². The van der Waals surface area contributed by atoms with E-state index in [0.717, 1.165) is 34.2 Å². The minimum Gasteiger partial charge on any atom is -0.489 e. The SMILES string of the molecule is O=C(O)c1ccc(Oc2ccc3cc(OCc4c(-c5c(Cl)cccc5Cl)noc4P4CC4)ccc3c2)nc1. The van der Waals surface area contributed by atoms with Gasteiger partial charge in [0.15, 0.2) is 5.50 Å². The van der Waals surface area contributed by atoms with E-state index in [4.69, 9.17) is 42.3 Å². The molecular formula is C28H19Cl2N2O5P. The maximum atomic E-state index is 11.0. The molecule has 3 heterocycles. The van der Waals surface area contributed by atoms with E-state index in [1.807, 2.05) is 36.4 Å². The summed E-state index contributed by atoms with van der Waals surface area (Å²) in [7, 11) is -0.337. The van der Waals surface area contributed by atoms with Crippen LogP contribution in [-0.2, 0) is 6.61 Å². The number of carbonyl (C=O) groups is 1. The standard InChI is InChI=1S/C28H19Cl2N2O5P/c29-22-2-1-3-23(30)25(22)26-21(28(37-32-26)38-10-11-38)15-35-19-7-4-17-13-20(8-5-16(17)12-19)36-24-9-6-18(14-31-24)27(33)34/h1-9,12-14H,10-11,15H2,(H,33,34). The molecule has 7 nitrogen and oxygen atoms in total. The molecule has 2 aromatic heterocycles. The Labute approximate surface area is 228 Å². The molecule has 1 fully saturated rings. The number of hydrogen-bond donors (Lipinski definition) is 1. The topological polar surface area (TPSA) is 94.7 Å². The van der Waals surface area contributed by atoms with E-state index in [-0.39, 0.29) is 20.1 Å². The fourth-order valence-corrected chi connectivity index (χ4v) is 6.14. The van der Waals surface area contributed by atoms with Gasteiger partial charge in [0.05, 0.1) is 21.2 Å². The molecule has 0 atom stereocenters. The molecule has 1 N–H and O–H groups in total. The highest BCUT2D eigenvalue weighted by molar-refractivity contribution is 7.72. The molecule has 0 spiro atoms. The molecule has 0 saturated carbocycles. The number of ether oxygens (including phenoxy) is 2. The Morgan fingerprint density at radius 1 is 0.974 bits per heavy atom. The van der Waals surface area contributed by atoms with Gasteiger partial charge in [-0.1, -0.05) is 46.6 Å². The first kappa shape index (κ1) is 24.7. The number of aromatic carboxylic acids is 1. The van der Waals surface area contributed by atoms with Crippen LogP contribution in [0.5, 0.6) is 17.4 Å². The molecule has 1 aliphatic rings. The zero-order chi connectivity index (χ0) is 26.2. The van der Waals surface area contributed by atoms with Crippen molar-refractivity contribution in [2.75, 3.05) is 12.3 Å². The molecule has 1 saturated heterocycles. The third-order valence-corrected chi connectivity index (χ3v) is 8.52. The van der Waals surface area contributed by atoms with Crippen LogP contribution in [0.4, 0.5) is 0 Å². The van der Waals surface area contributed by atoms with Crippen LogP contribution in [0.15, 0.2) is 77.4 Å². The summed E-state index contributed by atoms with van der Waals surface area (Å²) >= 11 is 12.9. The summed E-state index contributed by atoms with van der Waals surface area (Å²) in [5, 5.41) is 16.3. The third kappa shape index (κ3) is 5.05. The second-order valence-electron chi connectivity index (χ2n) is 8.65. The van der Waals surface area contributed by atoms with Crippen LogP contribution >= 0.6 is 31.1 Å². The monoisotopic (exact) mass is 564 g/mol. The average Bonchev–Trinajstić information content (AvgIpc) is 3.68. The Kier molecular flexibility index (Phi) is 6.66. The van der Waals surface area contributed by atoms with Gasteiger partial charge < -0.3 is 19.1 Å². The predicted molar refractivity (Wildman–Crippen MR) is 148 cm³/mol. The number of halogens is 2. The van der Waals surface area contributed by atoms with Crippen molar-refractivity contribution in [3.63, 3.8) is 0 Å². The van der Waals surface area contributed by atoms with E-state index < -0.39 is 5.97 Å². The van der Waals surface area contributed by atoms with E-state index in [9.17, 15) is 4.79 Å². The number of nitrogens with zero attached hydrogens (tertiary/aromatic N) is 2. The summed E-state index contributed by atoms with van der Waals surface area (Å²) in [6, 6.07) is 19.8. The number of rotatable bonds is 8. The van der Waals surface area contributed by atoms with Crippen molar-refractivity contribution in [2.45, 2.75) is 6.61 Å². The molecule has 0 amide bonds. The molecule has 0 bridgehead atoms. The Bertz CT molecular complexity index is 1650. The van der Waals surface area contributed by atoms with Crippen molar-refractivity contribution in [2.24, 2.45) is 0 Å². The van der Waals surface area contributed by atoms with Crippen molar-refractivity contribution < 1.29 is 23.9 Å². The number of benzene rings is 3. The van der Waals surface area contributed by atoms with Gasteiger partial charge in [-0.05, 0) is 73.5 Å². The van der Waals surface area contributed by atoms with Gasteiger partial charge in [-0.15, -0.1) is 0 Å². The Morgan fingerprint density at radius 2 is 1.68 bits per heavy atom. The lowest BCUT2D eigenvalue weighted by Crippen LogP contribution is -2.06. The van der Waals surface area contributed by atoms with Crippen LogP contribution in [0, 0.1) is 0 Å². The van der Waals surface area contributed by atoms with Gasteiger partial charge in [0.2, 0.25) is 5.88 Å². The first-order valence-corrected chi connectivity index (χ1v) is 14.1. The lowest BCUT2D eigenvalue weighted by molar-refractivity contribution is 0.0696. The van der Waals surface area contributed by atoms with Gasteiger partial charge in [0.1, 0.15) is 23.8 Å². The van der Waals surface area contributed by atoms with Gasteiger partial charge in [-0.3, -0.25) is 0 Å². The number of carboxylic acids is 1. The molecule has 10 heteroatoms. The van der Waals surface area contributed by atoms with Crippen molar-refractivity contribution in [1.82, 2.24) is 10.1 Å². The molecular weight excluding hydrogens is 546 g/mol. The van der Waals surface area contributed by atoms with Gasteiger partial charge in [-0.25, -0.2) is 9.78 Å². The van der Waals surface area contributed by atoms with Crippen LogP contribution < -0.4 is 15.0 Å². The lowest BCUT2D eigenvalue weighted by Gasteiger charge is -2.11. The number of aromatic nitrogens is 2. The minimum atomic E-state index is -1.04. The van der Waals surface area contributed by atoms with Crippen LogP contribution in [0.1, 0.15) is 15.9 Å². The van der Waals surface area contributed by atoms with Gasteiger partial charge in [0.25, 0.3) is 0 Å². The molecule has 0 radical (unpaired) electrons. The van der Waals surface area contributed by atoms with Crippen molar-refractivity contribution in [1.29, 1.82) is 0 Å². The molecule has 1 aliphatic heterocycles. The quantitative estimate of drug-likeness (QED) is 0.196. The van der Waals surface area contributed by atoms with Crippen LogP contribution in [0.2, 0.25) is 10.0 Å². The Hall–Kier alpha value is -3.64. The van der Waals surface area contributed by atoms with E-state index >= 15 is 0 Å². The summed E-state index contributed by atoms with van der Waals surface area (Å²) in [5.41, 5.74) is 3.14. The molecule has 5 aromatic rings. The van der Waals surface area contributed by atoms with Crippen molar-refractivity contribution >= 4 is 53.4 Å². The molecule has 0 unspecified atom stereocenters. The molecule has 3 aromatic carbocycles. The van der Waals surface area contributed by atoms with Crippen LogP contribution in [0.3, 0.4) is 0 Å². The number of hydrogen-bond acceptors (Lipinski definition) is 6. The summed E-state index contributed by atoms with van der Waals surface area (Å²) in [4.78, 5) is 15.1. The fourth-order valence-electron chi connectivity index (χ4n) is 4.05. The maximum absolute atomic E-state index is 11.0. The summed E-state index contributed by atoms with van der Waals surface area (Å²) in [6.07, 6.45) is 3.50. The van der Waals surface area contributed by atoms with E-state index in [0.29, 0.717) is 38.7 Å². The highest BCUT2D eigenvalue weighted by atomic mass is 35.5. The second kappa shape index (κ2) is 10.3. The summed E-state index contributed by atoms with van der Waals surface area (Å²) in [6.45, 7) is 0.277.